The second-order valence-electron chi connectivity index (χ2n) is 8.24. The van der Waals surface area contributed by atoms with Crippen LogP contribution in [0.1, 0.15) is 23.9 Å². The topological polar surface area (TPSA) is 71.9 Å². The highest BCUT2D eigenvalue weighted by Gasteiger charge is 2.22. The molecule has 0 amide bonds. The van der Waals surface area contributed by atoms with Crippen molar-refractivity contribution in [2.45, 2.75) is 20.8 Å². The number of H-pyrrole nitrogens is 1. The van der Waals surface area contributed by atoms with E-state index in [2.05, 4.69) is 66.1 Å². The molecular formula is C26H30N6O. The predicted octanol–water partition coefficient (Wildman–Crippen LogP) is 5.02. The summed E-state index contributed by atoms with van der Waals surface area (Å²) in [7, 11) is 0. The first-order chi connectivity index (χ1) is 16.1. The monoisotopic (exact) mass is 442 g/mol. The Morgan fingerprint density at radius 1 is 1.03 bits per heavy atom. The molecule has 1 saturated heterocycles. The number of nitrogens with one attached hydrogen (secondary N) is 1. The number of aromatic nitrogens is 5. The van der Waals surface area contributed by atoms with Gasteiger partial charge in [-0.15, -0.1) is 0 Å². The van der Waals surface area contributed by atoms with Crippen molar-refractivity contribution in [1.82, 2.24) is 24.5 Å². The summed E-state index contributed by atoms with van der Waals surface area (Å²) >= 11 is 0. The molecule has 5 rings (SSSR count). The second kappa shape index (κ2) is 8.67. The average Bonchev–Trinajstić information content (AvgIpc) is 3.41. The molecule has 33 heavy (non-hydrogen) atoms. The molecule has 1 aliphatic rings. The van der Waals surface area contributed by atoms with Crippen molar-refractivity contribution in [3.63, 3.8) is 0 Å². The number of nitrogens with zero attached hydrogens (tertiary/aromatic N) is 5. The van der Waals surface area contributed by atoms with E-state index in [9.17, 15) is 0 Å². The van der Waals surface area contributed by atoms with E-state index in [1.54, 1.807) is 6.08 Å². The fraction of sp³-hybridized carbons (Fsp3) is 0.269. The van der Waals surface area contributed by atoms with Gasteiger partial charge in [0.15, 0.2) is 5.82 Å². The molecule has 0 unspecified atom stereocenters. The summed E-state index contributed by atoms with van der Waals surface area (Å²) in [4.78, 5) is 20.3. The van der Waals surface area contributed by atoms with E-state index in [-0.39, 0.29) is 1.43 Å². The normalized spacial score (nSPS) is 14.5. The molecular weight excluding hydrogens is 412 g/mol. The number of fused-ring (bicyclic) bond motifs is 1. The minimum atomic E-state index is 0. The summed E-state index contributed by atoms with van der Waals surface area (Å²) in [6.45, 7) is 13.0. The fourth-order valence-electron chi connectivity index (χ4n) is 4.48. The maximum absolute atomic E-state index is 5.56. The van der Waals surface area contributed by atoms with Crippen molar-refractivity contribution in [3.05, 3.63) is 71.7 Å². The number of morpholine rings is 1. The Bertz CT molecular complexity index is 1360. The van der Waals surface area contributed by atoms with Gasteiger partial charge in [-0.2, -0.15) is 15.0 Å². The van der Waals surface area contributed by atoms with Crippen molar-refractivity contribution in [2.75, 3.05) is 31.2 Å². The van der Waals surface area contributed by atoms with Gasteiger partial charge in [-0.1, -0.05) is 36.9 Å². The van der Waals surface area contributed by atoms with Crippen molar-refractivity contribution in [1.29, 1.82) is 0 Å². The summed E-state index contributed by atoms with van der Waals surface area (Å²) in [6.07, 6.45) is 7.79. The molecule has 0 spiro atoms. The third-order valence-corrected chi connectivity index (χ3v) is 6.35. The molecule has 3 aromatic heterocycles. The lowest BCUT2D eigenvalue weighted by molar-refractivity contribution is 0.122. The standard InChI is InChI=1S/C26H28N6O.H2/c1-5-6-8-20-17(2)18(3)32(19(20)4)26-29-24(22-9-7-10-23-21(22)11-12-27-23)28-25(30-26)31-13-15-33-16-14-31;/h5-12,27H,1,13-16H2,2-4H3;1H/b8-6-;. The quantitative estimate of drug-likeness (QED) is 0.440. The van der Waals surface area contributed by atoms with Crippen LogP contribution in [0.25, 0.3) is 34.3 Å². The van der Waals surface area contributed by atoms with Gasteiger partial charge in [-0.05, 0) is 44.0 Å². The average molecular weight is 443 g/mol. The first-order valence-electron chi connectivity index (χ1n) is 11.2. The molecule has 1 fully saturated rings. The summed E-state index contributed by atoms with van der Waals surface area (Å²) in [5, 5.41) is 1.09. The number of benzene rings is 1. The first kappa shape index (κ1) is 21.2. The van der Waals surface area contributed by atoms with Gasteiger partial charge in [0.05, 0.1) is 13.2 Å². The van der Waals surface area contributed by atoms with Crippen LogP contribution >= 0.6 is 0 Å². The zero-order valence-corrected chi connectivity index (χ0v) is 19.3. The molecule has 7 nitrogen and oxygen atoms in total. The smallest absolute Gasteiger partial charge is 0.239 e. The van der Waals surface area contributed by atoms with Crippen LogP contribution in [0.15, 0.2) is 49.2 Å². The van der Waals surface area contributed by atoms with E-state index in [4.69, 9.17) is 19.7 Å². The Balaban J connectivity index is 0.00000274. The molecule has 170 valence electrons. The van der Waals surface area contributed by atoms with Crippen LogP contribution in [-0.2, 0) is 4.74 Å². The van der Waals surface area contributed by atoms with Crippen molar-refractivity contribution >= 4 is 22.9 Å². The van der Waals surface area contributed by atoms with Crippen LogP contribution in [0, 0.1) is 20.8 Å². The Kier molecular flexibility index (Phi) is 5.56. The summed E-state index contributed by atoms with van der Waals surface area (Å²) < 4.78 is 7.68. The van der Waals surface area contributed by atoms with E-state index in [1.807, 2.05) is 18.3 Å². The molecule has 1 aromatic carbocycles. The lowest BCUT2D eigenvalue weighted by Gasteiger charge is -2.27. The summed E-state index contributed by atoms with van der Waals surface area (Å²) in [5.74, 6) is 1.98. The van der Waals surface area contributed by atoms with Crippen molar-refractivity contribution in [3.8, 4) is 17.3 Å². The third-order valence-electron chi connectivity index (χ3n) is 6.35. The van der Waals surface area contributed by atoms with Gasteiger partial charge < -0.3 is 14.6 Å². The first-order valence-corrected chi connectivity index (χ1v) is 11.2. The molecule has 0 saturated carbocycles. The van der Waals surface area contributed by atoms with E-state index in [0.717, 1.165) is 46.5 Å². The van der Waals surface area contributed by atoms with Crippen LogP contribution in [0.5, 0.6) is 0 Å². The molecule has 1 aliphatic heterocycles. The van der Waals surface area contributed by atoms with E-state index in [1.165, 1.54) is 5.56 Å². The van der Waals surface area contributed by atoms with Gasteiger partial charge in [-0.25, -0.2) is 0 Å². The highest BCUT2D eigenvalue weighted by atomic mass is 16.5. The minimum absolute atomic E-state index is 0. The number of hydrogen-bond donors (Lipinski definition) is 1. The molecule has 7 heteroatoms. The van der Waals surface area contributed by atoms with Gasteiger partial charge in [0.25, 0.3) is 0 Å². The fourth-order valence-corrected chi connectivity index (χ4v) is 4.48. The lowest BCUT2D eigenvalue weighted by atomic mass is 10.1. The number of anilines is 1. The number of aromatic amines is 1. The van der Waals surface area contributed by atoms with Gasteiger partial charge >= 0.3 is 0 Å². The van der Waals surface area contributed by atoms with Crippen LogP contribution in [-0.4, -0.2) is 50.8 Å². The third kappa shape index (κ3) is 3.74. The predicted molar refractivity (Wildman–Crippen MR) is 135 cm³/mol. The van der Waals surface area contributed by atoms with Crippen LogP contribution in [0.4, 0.5) is 5.95 Å². The van der Waals surface area contributed by atoms with Gasteiger partial charge in [-0.3, -0.25) is 4.57 Å². The van der Waals surface area contributed by atoms with Crippen LogP contribution in [0.3, 0.4) is 0 Å². The summed E-state index contributed by atoms with van der Waals surface area (Å²) in [6, 6.07) is 8.22. The Morgan fingerprint density at radius 2 is 1.82 bits per heavy atom. The number of ether oxygens (including phenoxy) is 1. The Morgan fingerprint density at radius 3 is 2.61 bits per heavy atom. The molecule has 0 aliphatic carbocycles. The molecule has 0 atom stereocenters. The number of hydrogen-bond acceptors (Lipinski definition) is 5. The van der Waals surface area contributed by atoms with Gasteiger partial charge in [0.2, 0.25) is 11.9 Å². The zero-order valence-electron chi connectivity index (χ0n) is 19.3. The highest BCUT2D eigenvalue weighted by molar-refractivity contribution is 5.93. The van der Waals surface area contributed by atoms with Crippen LogP contribution in [0.2, 0.25) is 0 Å². The van der Waals surface area contributed by atoms with E-state index >= 15 is 0 Å². The zero-order chi connectivity index (χ0) is 22.9. The maximum atomic E-state index is 5.56. The Hall–Kier alpha value is -3.71. The minimum Gasteiger partial charge on any atom is -0.378 e. The molecule has 4 heterocycles. The lowest BCUT2D eigenvalue weighted by Crippen LogP contribution is -2.37. The van der Waals surface area contributed by atoms with E-state index in [0.29, 0.717) is 30.9 Å². The van der Waals surface area contributed by atoms with Gasteiger partial charge in [0.1, 0.15) is 0 Å². The Labute approximate surface area is 195 Å². The SMILES string of the molecule is C=C/C=C\c1c(C)c(C)n(-c2nc(-c3cccc4[nH]ccc34)nc(N3CCOCC3)n2)c1C.[HH]. The van der Waals surface area contributed by atoms with E-state index < -0.39 is 0 Å². The second-order valence-corrected chi connectivity index (χ2v) is 8.24. The van der Waals surface area contributed by atoms with Crippen LogP contribution < -0.4 is 4.90 Å². The summed E-state index contributed by atoms with van der Waals surface area (Å²) in [5.41, 5.74) is 6.61. The van der Waals surface area contributed by atoms with Crippen molar-refractivity contribution in [2.24, 2.45) is 0 Å². The highest BCUT2D eigenvalue weighted by Crippen LogP contribution is 2.30. The molecule has 1 N–H and O–H groups in total. The maximum Gasteiger partial charge on any atom is 0.239 e. The number of allylic oxidation sites excluding steroid dienone is 2. The van der Waals surface area contributed by atoms with Gasteiger partial charge in [0, 0.05) is 48.6 Å². The number of rotatable bonds is 5. The molecule has 0 bridgehead atoms. The molecule has 4 aromatic rings. The largest absolute Gasteiger partial charge is 0.378 e. The molecule has 0 radical (unpaired) electrons. The van der Waals surface area contributed by atoms with Crippen molar-refractivity contribution < 1.29 is 6.16 Å².